The maximum Gasteiger partial charge on any atom is 0.284 e. The highest BCUT2D eigenvalue weighted by Gasteiger charge is 2.11. The molecule has 0 unspecified atom stereocenters. The highest BCUT2D eigenvalue weighted by Crippen LogP contribution is 2.18. The van der Waals surface area contributed by atoms with Crippen molar-refractivity contribution in [3.05, 3.63) is 24.3 Å². The van der Waals surface area contributed by atoms with E-state index < -0.39 is 5.24 Å². The largest absolute Gasteiger partial charge is 0.399 e. The molecule has 0 saturated heterocycles. The van der Waals surface area contributed by atoms with Gasteiger partial charge >= 0.3 is 0 Å². The highest BCUT2D eigenvalue weighted by atomic mass is 32.2. The number of carbonyl (C=O) groups excluding carboxylic acids is 1. The second kappa shape index (κ2) is 4.19. The van der Waals surface area contributed by atoms with Gasteiger partial charge in [0.05, 0.1) is 5.69 Å². The van der Waals surface area contributed by atoms with Gasteiger partial charge in [-0.15, -0.1) is 5.10 Å². The lowest BCUT2D eigenvalue weighted by molar-refractivity contribution is 0.267. The van der Waals surface area contributed by atoms with Gasteiger partial charge in [0, 0.05) is 17.4 Å². The third kappa shape index (κ3) is 2.11. The van der Waals surface area contributed by atoms with E-state index in [0.29, 0.717) is 16.5 Å². The molecule has 0 fully saturated rings. The molecule has 1 aromatic heterocycles. The molecule has 7 nitrogen and oxygen atoms in total. The molecule has 0 spiro atoms. The Morgan fingerprint density at radius 1 is 1.44 bits per heavy atom. The van der Waals surface area contributed by atoms with Crippen LogP contribution in [-0.2, 0) is 0 Å². The molecule has 0 saturated carbocycles. The summed E-state index contributed by atoms with van der Waals surface area (Å²) in [6, 6.07) is 6.99. The van der Waals surface area contributed by atoms with E-state index in [2.05, 4.69) is 15.5 Å². The summed E-state index contributed by atoms with van der Waals surface area (Å²) >= 11 is 0.757. The fraction of sp³-hybridized carbons (Fsp3) is 0. The van der Waals surface area contributed by atoms with Crippen LogP contribution in [0, 0.1) is 0 Å². The Balaban J connectivity index is 2.40. The second-order valence-electron chi connectivity index (χ2n) is 2.89. The third-order valence-corrected chi connectivity index (χ3v) is 2.39. The zero-order valence-electron chi connectivity index (χ0n) is 8.07. The molecule has 8 heteroatoms. The zero-order valence-corrected chi connectivity index (χ0v) is 8.89. The minimum Gasteiger partial charge on any atom is -0.399 e. The Bertz CT molecular complexity index is 525. The minimum atomic E-state index is -0.569. The van der Waals surface area contributed by atoms with Crippen molar-refractivity contribution in [2.45, 2.75) is 5.16 Å². The first-order valence-electron chi connectivity index (χ1n) is 4.28. The van der Waals surface area contributed by atoms with Crippen molar-refractivity contribution >= 4 is 22.7 Å². The van der Waals surface area contributed by atoms with Crippen LogP contribution in [0.25, 0.3) is 5.69 Å². The number of anilines is 1. The Labute approximate surface area is 94.8 Å². The van der Waals surface area contributed by atoms with Gasteiger partial charge < -0.3 is 11.5 Å². The maximum atomic E-state index is 10.8. The lowest BCUT2D eigenvalue weighted by atomic mass is 10.3. The van der Waals surface area contributed by atoms with Crippen molar-refractivity contribution in [2.75, 3.05) is 5.73 Å². The summed E-state index contributed by atoms with van der Waals surface area (Å²) < 4.78 is 1.39. The first-order chi connectivity index (χ1) is 7.66. The normalized spacial score (nSPS) is 10.2. The average molecular weight is 236 g/mol. The van der Waals surface area contributed by atoms with Crippen LogP contribution in [0.5, 0.6) is 0 Å². The number of primary amides is 1. The van der Waals surface area contributed by atoms with Gasteiger partial charge in [0.15, 0.2) is 0 Å². The van der Waals surface area contributed by atoms with Gasteiger partial charge in [-0.3, -0.25) is 4.79 Å². The predicted octanol–water partition coefficient (Wildman–Crippen LogP) is 0.415. The first kappa shape index (κ1) is 10.4. The van der Waals surface area contributed by atoms with E-state index in [9.17, 15) is 4.79 Å². The zero-order chi connectivity index (χ0) is 11.5. The molecule has 82 valence electrons. The lowest BCUT2D eigenvalue weighted by Gasteiger charge is -2.02. The van der Waals surface area contributed by atoms with Gasteiger partial charge in [-0.05, 0) is 28.6 Å². The summed E-state index contributed by atoms with van der Waals surface area (Å²) in [5.74, 6) is 0. The summed E-state index contributed by atoms with van der Waals surface area (Å²) in [4.78, 5) is 10.8. The summed E-state index contributed by atoms with van der Waals surface area (Å²) in [5.41, 5.74) is 11.9. The molecule has 4 N–H and O–H groups in total. The Kier molecular flexibility index (Phi) is 2.73. The van der Waals surface area contributed by atoms with Crippen molar-refractivity contribution in [1.29, 1.82) is 0 Å². The molecule has 0 aliphatic rings. The van der Waals surface area contributed by atoms with Gasteiger partial charge in [0.2, 0.25) is 5.16 Å². The molecule has 1 aromatic carbocycles. The molecule has 0 atom stereocenters. The quantitative estimate of drug-likeness (QED) is 0.577. The second-order valence-corrected chi connectivity index (χ2v) is 3.86. The number of hydrogen-bond acceptors (Lipinski definition) is 6. The van der Waals surface area contributed by atoms with Crippen LogP contribution in [0.15, 0.2) is 29.4 Å². The number of aromatic nitrogens is 4. The number of hydrogen-bond donors (Lipinski definition) is 2. The number of nitrogens with zero attached hydrogens (tertiary/aromatic N) is 4. The van der Waals surface area contributed by atoms with Crippen LogP contribution in [0.1, 0.15) is 0 Å². The van der Waals surface area contributed by atoms with Gasteiger partial charge in [-0.25, -0.2) is 0 Å². The fourth-order valence-corrected chi connectivity index (χ4v) is 1.64. The monoisotopic (exact) mass is 236 g/mol. The number of nitrogen functional groups attached to an aromatic ring is 1. The van der Waals surface area contributed by atoms with Crippen LogP contribution in [0.2, 0.25) is 0 Å². The summed E-state index contributed by atoms with van der Waals surface area (Å²) in [5, 5.41) is 10.6. The number of rotatable bonds is 2. The van der Waals surface area contributed by atoms with Gasteiger partial charge in [0.1, 0.15) is 0 Å². The van der Waals surface area contributed by atoms with E-state index >= 15 is 0 Å². The molecule has 16 heavy (non-hydrogen) atoms. The van der Waals surface area contributed by atoms with Crippen molar-refractivity contribution < 1.29 is 4.79 Å². The van der Waals surface area contributed by atoms with Crippen LogP contribution < -0.4 is 11.5 Å². The van der Waals surface area contributed by atoms with Gasteiger partial charge in [-0.1, -0.05) is 6.07 Å². The third-order valence-electron chi connectivity index (χ3n) is 1.75. The van der Waals surface area contributed by atoms with Gasteiger partial charge in [-0.2, -0.15) is 4.68 Å². The molecule has 0 bridgehead atoms. The highest BCUT2D eigenvalue weighted by molar-refractivity contribution is 8.13. The summed E-state index contributed by atoms with van der Waals surface area (Å²) in [6.07, 6.45) is 0. The standard InChI is InChI=1S/C8H8N6OS/c9-5-2-1-3-6(4-5)14-8(11-12-13-14)16-7(10)15/h1-4H,9H2,(H2,10,15). The number of tetrazole rings is 1. The number of nitrogens with two attached hydrogens (primary N) is 2. The Morgan fingerprint density at radius 2 is 2.25 bits per heavy atom. The Morgan fingerprint density at radius 3 is 2.94 bits per heavy atom. The van der Waals surface area contributed by atoms with Crippen molar-refractivity contribution in [2.24, 2.45) is 5.73 Å². The van der Waals surface area contributed by atoms with Crippen molar-refractivity contribution in [3.63, 3.8) is 0 Å². The number of thioether (sulfide) groups is 1. The number of amides is 1. The van der Waals surface area contributed by atoms with E-state index in [4.69, 9.17) is 11.5 Å². The van der Waals surface area contributed by atoms with E-state index in [0.717, 1.165) is 11.8 Å². The molecular formula is C8H8N6OS. The average Bonchev–Trinajstić information content (AvgIpc) is 2.65. The number of carbonyl (C=O) groups is 1. The summed E-state index contributed by atoms with van der Waals surface area (Å²) in [6.45, 7) is 0. The van der Waals surface area contributed by atoms with Crippen LogP contribution in [0.4, 0.5) is 10.5 Å². The molecule has 1 amide bonds. The molecule has 2 rings (SSSR count). The van der Waals surface area contributed by atoms with Crippen LogP contribution in [-0.4, -0.2) is 25.4 Å². The predicted molar refractivity (Wildman–Crippen MR) is 59.0 cm³/mol. The summed E-state index contributed by atoms with van der Waals surface area (Å²) in [7, 11) is 0. The van der Waals surface area contributed by atoms with Crippen molar-refractivity contribution in [1.82, 2.24) is 20.2 Å². The maximum absolute atomic E-state index is 10.8. The molecule has 0 radical (unpaired) electrons. The van der Waals surface area contributed by atoms with Crippen molar-refractivity contribution in [3.8, 4) is 5.69 Å². The van der Waals surface area contributed by atoms with E-state index in [1.165, 1.54) is 4.68 Å². The molecular weight excluding hydrogens is 228 g/mol. The molecule has 2 aromatic rings. The molecule has 0 aliphatic carbocycles. The Hall–Kier alpha value is -2.09. The van der Waals surface area contributed by atoms with Gasteiger partial charge in [0.25, 0.3) is 5.24 Å². The van der Waals surface area contributed by atoms with E-state index in [-0.39, 0.29) is 0 Å². The van der Waals surface area contributed by atoms with Crippen LogP contribution in [0.3, 0.4) is 0 Å². The SMILES string of the molecule is NC(=O)Sc1nnnn1-c1cccc(N)c1. The minimum absolute atomic E-state index is 0.304. The fourth-order valence-electron chi connectivity index (χ4n) is 1.15. The van der Waals surface area contributed by atoms with Crippen LogP contribution >= 0.6 is 11.8 Å². The first-order valence-corrected chi connectivity index (χ1v) is 5.10. The number of benzene rings is 1. The van der Waals surface area contributed by atoms with E-state index in [1.54, 1.807) is 24.3 Å². The van der Waals surface area contributed by atoms with E-state index in [1.807, 2.05) is 0 Å². The smallest absolute Gasteiger partial charge is 0.284 e. The molecule has 0 aliphatic heterocycles. The lowest BCUT2D eigenvalue weighted by Crippen LogP contribution is -2.06. The topological polar surface area (TPSA) is 113 Å². The molecule has 1 heterocycles.